The molecule has 17 heavy (non-hydrogen) atoms. The maximum atomic E-state index is 5.55. The molecule has 0 aromatic rings. The van der Waals surface area contributed by atoms with Crippen molar-refractivity contribution in [3.05, 3.63) is 0 Å². The minimum atomic E-state index is -0.187. The highest BCUT2D eigenvalue weighted by Crippen LogP contribution is 2.13. The van der Waals surface area contributed by atoms with Crippen molar-refractivity contribution in [1.82, 2.24) is 0 Å². The van der Waals surface area contributed by atoms with E-state index in [1.165, 1.54) is 0 Å². The summed E-state index contributed by atoms with van der Waals surface area (Å²) in [5.74, 6) is 0. The fourth-order valence-electron chi connectivity index (χ4n) is 1.30. The fraction of sp³-hybridized carbons (Fsp3) is 1.00. The van der Waals surface area contributed by atoms with Crippen molar-refractivity contribution in [2.45, 2.75) is 44.8 Å². The average molecular weight is 358 g/mol. The Morgan fingerprint density at radius 1 is 1.18 bits per heavy atom. The first-order valence-corrected chi connectivity index (χ1v) is 7.09. The quantitative estimate of drug-likeness (QED) is 0.324. The summed E-state index contributed by atoms with van der Waals surface area (Å²) in [7, 11) is 0. The van der Waals surface area contributed by atoms with Crippen LogP contribution in [0.2, 0.25) is 0 Å². The average Bonchev–Trinajstić information content (AvgIpc) is 3.11. The number of halogens is 1. The van der Waals surface area contributed by atoms with Gasteiger partial charge in [-0.25, -0.2) is 0 Å². The van der Waals surface area contributed by atoms with Gasteiger partial charge in [0.05, 0.1) is 25.4 Å². The van der Waals surface area contributed by atoms with E-state index in [0.717, 1.165) is 45.7 Å². The summed E-state index contributed by atoms with van der Waals surface area (Å²) in [6.45, 7) is 7.96. The van der Waals surface area contributed by atoms with Crippen LogP contribution in [0.25, 0.3) is 0 Å². The van der Waals surface area contributed by atoms with Crippen molar-refractivity contribution in [2.24, 2.45) is 0 Å². The van der Waals surface area contributed by atoms with Gasteiger partial charge in [-0.2, -0.15) is 0 Å². The van der Waals surface area contributed by atoms with Gasteiger partial charge in [0.1, 0.15) is 29.1 Å². The third-order valence-corrected chi connectivity index (χ3v) is 3.63. The van der Waals surface area contributed by atoms with Crippen LogP contribution in [-0.2, 0) is 17.3 Å². The molecule has 0 aromatic carbocycles. The second-order valence-electron chi connectivity index (χ2n) is 4.98. The molecule has 0 amide bonds. The van der Waals surface area contributed by atoms with E-state index < -0.39 is 0 Å². The molecule has 1 atom stereocenters. The molecule has 102 valence electrons. The summed E-state index contributed by atoms with van der Waals surface area (Å²) in [6, 6.07) is 0. The highest BCUT2D eigenvalue weighted by atomic mass is 127. The van der Waals surface area contributed by atoms with E-state index in [2.05, 4.69) is 0 Å². The normalized spacial score (nSPS) is 19.6. The second-order valence-corrected chi connectivity index (χ2v) is 5.42. The van der Waals surface area contributed by atoms with E-state index in [-0.39, 0.29) is 5.60 Å². The van der Waals surface area contributed by atoms with Crippen molar-refractivity contribution in [1.29, 1.82) is 0 Å². The number of hydrogen-bond donors (Lipinski definition) is 0. The molecule has 0 bridgehead atoms. The summed E-state index contributed by atoms with van der Waals surface area (Å²) in [6.07, 6.45) is 3.72. The molecule has 1 fully saturated rings. The van der Waals surface area contributed by atoms with Crippen molar-refractivity contribution in [2.75, 3.05) is 33.0 Å². The van der Waals surface area contributed by atoms with Crippen LogP contribution in [0.3, 0.4) is 0 Å². The molecule has 1 unspecified atom stereocenters. The van der Waals surface area contributed by atoms with Crippen LogP contribution in [-0.4, -0.2) is 44.7 Å². The zero-order valence-electron chi connectivity index (χ0n) is 10.7. The highest BCUT2D eigenvalue weighted by molar-refractivity contribution is 14.1. The van der Waals surface area contributed by atoms with Crippen LogP contribution >= 0.6 is 23.0 Å². The van der Waals surface area contributed by atoms with Gasteiger partial charge in [-0.05, 0) is 33.1 Å². The van der Waals surface area contributed by atoms with E-state index in [4.69, 9.17) is 17.3 Å². The Hall–Kier alpha value is 0.570. The smallest absolute Gasteiger partial charge is 0.110 e. The zero-order valence-corrected chi connectivity index (χ0v) is 12.9. The van der Waals surface area contributed by atoms with Crippen LogP contribution in [0.5, 0.6) is 0 Å². The molecule has 1 saturated heterocycles. The molecular formula is C12H23IO4. The molecule has 1 heterocycles. The summed E-state index contributed by atoms with van der Waals surface area (Å²) >= 11 is 1.92. The number of unbranched alkanes of at least 4 members (excludes halogenated alkanes) is 2. The predicted molar refractivity (Wildman–Crippen MR) is 74.4 cm³/mol. The summed E-state index contributed by atoms with van der Waals surface area (Å²) in [5.41, 5.74) is -0.187. The molecule has 1 aliphatic rings. The first-order chi connectivity index (χ1) is 8.14. The molecular weight excluding hydrogens is 335 g/mol. The van der Waals surface area contributed by atoms with Crippen molar-refractivity contribution in [3.8, 4) is 0 Å². The Morgan fingerprint density at radius 3 is 2.41 bits per heavy atom. The largest absolute Gasteiger partial charge is 0.379 e. The van der Waals surface area contributed by atoms with E-state index in [9.17, 15) is 0 Å². The Morgan fingerprint density at radius 2 is 1.82 bits per heavy atom. The lowest BCUT2D eigenvalue weighted by atomic mass is 10.2. The maximum absolute atomic E-state index is 5.55. The van der Waals surface area contributed by atoms with Gasteiger partial charge in [0, 0.05) is 13.2 Å². The summed E-state index contributed by atoms with van der Waals surface area (Å²) in [4.78, 5) is 0. The third-order valence-electron chi connectivity index (χ3n) is 2.44. The number of ether oxygens (including phenoxy) is 3. The van der Waals surface area contributed by atoms with E-state index in [1.807, 2.05) is 36.9 Å². The van der Waals surface area contributed by atoms with Crippen LogP contribution in [0.1, 0.15) is 33.1 Å². The van der Waals surface area contributed by atoms with E-state index in [1.54, 1.807) is 0 Å². The van der Waals surface area contributed by atoms with Gasteiger partial charge in [-0.3, -0.25) is 0 Å². The molecule has 5 heteroatoms. The first kappa shape index (κ1) is 15.6. The van der Waals surface area contributed by atoms with Gasteiger partial charge in [0.2, 0.25) is 0 Å². The summed E-state index contributed by atoms with van der Waals surface area (Å²) in [5, 5.41) is 0. The second kappa shape index (κ2) is 8.63. The Balaban J connectivity index is 1.74. The van der Waals surface area contributed by atoms with E-state index in [0.29, 0.717) is 12.7 Å². The minimum Gasteiger partial charge on any atom is -0.379 e. The molecule has 0 aromatic heterocycles. The molecule has 0 saturated carbocycles. The number of epoxide rings is 1. The lowest BCUT2D eigenvalue weighted by Crippen LogP contribution is -2.27. The van der Waals surface area contributed by atoms with Crippen LogP contribution < -0.4 is 0 Å². The van der Waals surface area contributed by atoms with Gasteiger partial charge >= 0.3 is 0 Å². The minimum absolute atomic E-state index is 0.187. The molecule has 1 aliphatic heterocycles. The van der Waals surface area contributed by atoms with Crippen LogP contribution in [0.4, 0.5) is 0 Å². The lowest BCUT2D eigenvalue weighted by Gasteiger charge is -2.20. The zero-order chi connectivity index (χ0) is 12.6. The van der Waals surface area contributed by atoms with Gasteiger partial charge < -0.3 is 17.3 Å². The van der Waals surface area contributed by atoms with Crippen molar-refractivity contribution in [3.63, 3.8) is 0 Å². The van der Waals surface area contributed by atoms with Crippen molar-refractivity contribution < 1.29 is 17.3 Å². The van der Waals surface area contributed by atoms with E-state index >= 15 is 0 Å². The number of rotatable bonds is 11. The molecule has 1 rings (SSSR count). The number of hydrogen-bond acceptors (Lipinski definition) is 4. The van der Waals surface area contributed by atoms with Crippen molar-refractivity contribution >= 4 is 23.0 Å². The van der Waals surface area contributed by atoms with Crippen LogP contribution in [0.15, 0.2) is 0 Å². The SMILES string of the molecule is CC(C)(COCCCCCOCC1CO1)OI. The topological polar surface area (TPSA) is 40.2 Å². The predicted octanol–water partition coefficient (Wildman–Crippen LogP) is 2.73. The molecule has 0 N–H and O–H groups in total. The lowest BCUT2D eigenvalue weighted by molar-refractivity contribution is 0.0198. The Labute approximate surface area is 118 Å². The third kappa shape index (κ3) is 9.18. The summed E-state index contributed by atoms with van der Waals surface area (Å²) < 4.78 is 21.3. The maximum Gasteiger partial charge on any atom is 0.110 e. The Kier molecular flexibility index (Phi) is 7.94. The highest BCUT2D eigenvalue weighted by Gasteiger charge is 2.21. The fourth-order valence-corrected chi connectivity index (χ4v) is 1.43. The monoisotopic (exact) mass is 358 g/mol. The first-order valence-electron chi connectivity index (χ1n) is 6.21. The molecule has 0 spiro atoms. The standard InChI is InChI=1S/C12H23IO4/c1-12(2,17-13)10-15-7-5-3-4-6-14-8-11-9-16-11/h11H,3-10H2,1-2H3. The molecule has 4 nitrogen and oxygen atoms in total. The molecule has 0 aliphatic carbocycles. The van der Waals surface area contributed by atoms with Gasteiger partial charge in [-0.1, -0.05) is 0 Å². The van der Waals surface area contributed by atoms with Gasteiger partial charge in [-0.15, -0.1) is 0 Å². The molecule has 0 radical (unpaired) electrons. The van der Waals surface area contributed by atoms with Gasteiger partial charge in [0.25, 0.3) is 0 Å². The Bertz CT molecular complexity index is 195. The van der Waals surface area contributed by atoms with Crippen LogP contribution in [0, 0.1) is 0 Å². The van der Waals surface area contributed by atoms with Gasteiger partial charge in [0.15, 0.2) is 0 Å².